The zero-order valence-corrected chi connectivity index (χ0v) is 12.0. The molecule has 0 aliphatic carbocycles. The Kier molecular flexibility index (Phi) is 4.22. The van der Waals surface area contributed by atoms with Crippen molar-refractivity contribution in [2.24, 2.45) is 11.7 Å². The van der Waals surface area contributed by atoms with Crippen LogP contribution in [0.25, 0.3) is 0 Å². The fourth-order valence-electron chi connectivity index (χ4n) is 3.42. The molecule has 0 aromatic heterocycles. The van der Waals surface area contributed by atoms with E-state index in [2.05, 4.69) is 4.90 Å². The molecular formula is C16H21FN2O2. The van der Waals surface area contributed by atoms with E-state index in [1.54, 1.807) is 12.1 Å². The molecule has 1 aromatic rings. The van der Waals surface area contributed by atoms with Gasteiger partial charge in [0.2, 0.25) is 0 Å². The van der Waals surface area contributed by atoms with E-state index in [1.165, 1.54) is 25.0 Å². The van der Waals surface area contributed by atoms with Gasteiger partial charge in [0.25, 0.3) is 0 Å². The molecule has 5 heteroatoms. The summed E-state index contributed by atoms with van der Waals surface area (Å²) in [7, 11) is 0. The predicted molar refractivity (Wildman–Crippen MR) is 77.0 cm³/mol. The molecule has 2 bridgehead atoms. The van der Waals surface area contributed by atoms with Crippen molar-refractivity contribution >= 4 is 5.97 Å². The third kappa shape index (κ3) is 3.24. The number of halogens is 1. The molecule has 4 nitrogen and oxygen atoms in total. The molecule has 2 heterocycles. The predicted octanol–water partition coefficient (Wildman–Crippen LogP) is 1.85. The molecule has 2 fully saturated rings. The van der Waals surface area contributed by atoms with Gasteiger partial charge < -0.3 is 10.5 Å². The summed E-state index contributed by atoms with van der Waals surface area (Å²) in [6, 6.07) is 5.02. The van der Waals surface area contributed by atoms with Crippen molar-refractivity contribution < 1.29 is 13.9 Å². The van der Waals surface area contributed by atoms with Crippen molar-refractivity contribution in [2.45, 2.75) is 31.4 Å². The fourth-order valence-corrected chi connectivity index (χ4v) is 3.42. The van der Waals surface area contributed by atoms with E-state index in [0.29, 0.717) is 5.92 Å². The van der Waals surface area contributed by atoms with E-state index < -0.39 is 17.8 Å². The number of carbonyl (C=O) groups excluding carboxylic acids is 1. The lowest BCUT2D eigenvalue weighted by Gasteiger charge is -2.41. The third-order valence-corrected chi connectivity index (χ3v) is 4.44. The van der Waals surface area contributed by atoms with Gasteiger partial charge in [-0.2, -0.15) is 0 Å². The van der Waals surface area contributed by atoms with Crippen LogP contribution in [0, 0.1) is 11.7 Å². The minimum Gasteiger partial charge on any atom is -0.460 e. The fraction of sp³-hybridized carbons (Fsp3) is 0.562. The van der Waals surface area contributed by atoms with E-state index in [4.69, 9.17) is 10.5 Å². The summed E-state index contributed by atoms with van der Waals surface area (Å²) in [6.07, 6.45) is 3.20. The first-order valence-electron chi connectivity index (χ1n) is 7.56. The number of nitrogens with two attached hydrogens (primary N) is 1. The smallest absolute Gasteiger partial charge is 0.327 e. The van der Waals surface area contributed by atoms with Crippen LogP contribution in [-0.4, -0.2) is 36.6 Å². The number of benzene rings is 1. The van der Waals surface area contributed by atoms with Gasteiger partial charge in [-0.15, -0.1) is 0 Å². The molecule has 3 rings (SSSR count). The number of fused-ring (bicyclic) bond motifs is 2. The zero-order valence-electron chi connectivity index (χ0n) is 12.0. The molecule has 114 valence electrons. The van der Waals surface area contributed by atoms with Crippen LogP contribution in [0.3, 0.4) is 0 Å². The van der Waals surface area contributed by atoms with Crippen LogP contribution in [0.4, 0.5) is 4.39 Å². The summed E-state index contributed by atoms with van der Waals surface area (Å²) in [5.41, 5.74) is 6.04. The van der Waals surface area contributed by atoms with Crippen molar-refractivity contribution in [1.29, 1.82) is 0 Å². The van der Waals surface area contributed by atoms with Gasteiger partial charge >= 0.3 is 5.97 Å². The Bertz CT molecular complexity index is 511. The Labute approximate surface area is 124 Å². The van der Waals surface area contributed by atoms with Gasteiger partial charge in [-0.1, -0.05) is 18.2 Å². The van der Waals surface area contributed by atoms with E-state index in [0.717, 1.165) is 26.1 Å². The Morgan fingerprint density at radius 3 is 2.95 bits per heavy atom. The number of nitrogens with zero attached hydrogens (tertiary/aromatic N) is 1. The number of ether oxygens (including phenoxy) is 1. The standard InChI is InChI=1S/C16H21FN2O2/c17-14-6-2-1-5-13(14)15(18)16(20)21-12-8-11-4-3-7-19(9-11)10-12/h1-2,5-6,11-12,15H,3-4,7-10,18H2/t11?,12-,15?/m1/s1. The van der Waals surface area contributed by atoms with E-state index in [1.807, 2.05) is 0 Å². The van der Waals surface area contributed by atoms with Gasteiger partial charge in [-0.05, 0) is 37.8 Å². The minimum absolute atomic E-state index is 0.116. The molecule has 3 unspecified atom stereocenters. The lowest BCUT2D eigenvalue weighted by molar-refractivity contribution is -0.155. The van der Waals surface area contributed by atoms with Crippen molar-refractivity contribution in [3.63, 3.8) is 0 Å². The molecular weight excluding hydrogens is 271 g/mol. The number of piperidine rings is 2. The molecule has 2 saturated heterocycles. The Balaban J connectivity index is 1.62. The third-order valence-electron chi connectivity index (χ3n) is 4.44. The summed E-state index contributed by atoms with van der Waals surface area (Å²) in [5.74, 6) is -0.396. The van der Waals surface area contributed by atoms with Gasteiger partial charge in [0, 0.05) is 18.7 Å². The average Bonchev–Trinajstić information content (AvgIpc) is 2.46. The second kappa shape index (κ2) is 6.12. The molecule has 0 spiro atoms. The zero-order chi connectivity index (χ0) is 14.8. The first-order valence-corrected chi connectivity index (χ1v) is 7.56. The Hall–Kier alpha value is -1.46. The highest BCUT2D eigenvalue weighted by Crippen LogP contribution is 2.28. The van der Waals surface area contributed by atoms with Crippen LogP contribution >= 0.6 is 0 Å². The molecule has 2 aliphatic heterocycles. The number of hydrogen-bond acceptors (Lipinski definition) is 4. The highest BCUT2D eigenvalue weighted by molar-refractivity contribution is 5.77. The SMILES string of the molecule is NC(C(=O)O[C@@H]1CC2CCCN(C2)C1)c1ccccc1F. The van der Waals surface area contributed by atoms with Crippen molar-refractivity contribution in [3.8, 4) is 0 Å². The van der Waals surface area contributed by atoms with Crippen molar-refractivity contribution in [3.05, 3.63) is 35.6 Å². The first-order chi connectivity index (χ1) is 10.1. The normalized spacial score (nSPS) is 29.7. The topological polar surface area (TPSA) is 55.6 Å². The monoisotopic (exact) mass is 292 g/mol. The molecule has 0 amide bonds. The molecule has 1 aromatic carbocycles. The summed E-state index contributed by atoms with van der Waals surface area (Å²) in [4.78, 5) is 14.5. The van der Waals surface area contributed by atoms with Gasteiger partial charge in [-0.25, -0.2) is 9.18 Å². The molecule has 21 heavy (non-hydrogen) atoms. The molecule has 0 radical (unpaired) electrons. The van der Waals surface area contributed by atoms with Gasteiger partial charge in [0.15, 0.2) is 0 Å². The second-order valence-electron chi connectivity index (χ2n) is 6.06. The maximum Gasteiger partial charge on any atom is 0.327 e. The summed E-state index contributed by atoms with van der Waals surface area (Å²) in [5, 5.41) is 0. The van der Waals surface area contributed by atoms with Gasteiger partial charge in [0.05, 0.1) is 0 Å². The summed E-state index contributed by atoms with van der Waals surface area (Å²) in [6.45, 7) is 2.95. The molecule has 2 N–H and O–H groups in total. The lowest BCUT2D eigenvalue weighted by Crippen LogP contribution is -2.48. The van der Waals surface area contributed by atoms with Crippen LogP contribution in [0.5, 0.6) is 0 Å². The second-order valence-corrected chi connectivity index (χ2v) is 6.06. The highest BCUT2D eigenvalue weighted by atomic mass is 19.1. The summed E-state index contributed by atoms with van der Waals surface area (Å²) >= 11 is 0. The number of esters is 1. The molecule has 0 saturated carbocycles. The molecule has 4 atom stereocenters. The quantitative estimate of drug-likeness (QED) is 0.864. The first kappa shape index (κ1) is 14.5. The lowest BCUT2D eigenvalue weighted by atomic mass is 9.88. The largest absolute Gasteiger partial charge is 0.460 e. The van der Waals surface area contributed by atoms with Crippen LogP contribution in [0.1, 0.15) is 30.9 Å². The van der Waals surface area contributed by atoms with Crippen molar-refractivity contribution in [2.75, 3.05) is 19.6 Å². The van der Waals surface area contributed by atoms with E-state index in [-0.39, 0.29) is 11.7 Å². The van der Waals surface area contributed by atoms with Crippen LogP contribution in [-0.2, 0) is 9.53 Å². The minimum atomic E-state index is -1.05. The Morgan fingerprint density at radius 2 is 2.19 bits per heavy atom. The maximum atomic E-state index is 13.7. The number of hydrogen-bond donors (Lipinski definition) is 1. The van der Waals surface area contributed by atoms with Crippen LogP contribution in [0.15, 0.2) is 24.3 Å². The number of rotatable bonds is 3. The molecule has 2 aliphatic rings. The van der Waals surface area contributed by atoms with E-state index in [9.17, 15) is 9.18 Å². The number of carbonyl (C=O) groups is 1. The maximum absolute atomic E-state index is 13.7. The van der Waals surface area contributed by atoms with Gasteiger partial charge in [-0.3, -0.25) is 4.90 Å². The average molecular weight is 292 g/mol. The van der Waals surface area contributed by atoms with Crippen LogP contribution < -0.4 is 5.73 Å². The summed E-state index contributed by atoms with van der Waals surface area (Å²) < 4.78 is 19.2. The van der Waals surface area contributed by atoms with E-state index >= 15 is 0 Å². The van der Waals surface area contributed by atoms with Crippen molar-refractivity contribution in [1.82, 2.24) is 4.90 Å². The van der Waals surface area contributed by atoms with Gasteiger partial charge in [0.1, 0.15) is 18.0 Å². The Morgan fingerprint density at radius 1 is 1.38 bits per heavy atom. The van der Waals surface area contributed by atoms with Crippen LogP contribution in [0.2, 0.25) is 0 Å². The highest BCUT2D eigenvalue weighted by Gasteiger charge is 2.33.